The van der Waals surface area contributed by atoms with Gasteiger partial charge >= 0.3 is 5.97 Å². The van der Waals surface area contributed by atoms with E-state index in [2.05, 4.69) is 10.6 Å². The fourth-order valence-corrected chi connectivity index (χ4v) is 4.55. The van der Waals surface area contributed by atoms with Crippen LogP contribution in [0.1, 0.15) is 35.7 Å². The molecule has 3 amide bonds. The third-order valence-corrected chi connectivity index (χ3v) is 6.69. The lowest BCUT2D eigenvalue weighted by molar-refractivity contribution is -0.168. The predicted octanol–water partition coefficient (Wildman–Crippen LogP) is 1.95. The Morgan fingerprint density at radius 1 is 1.24 bits per heavy atom. The number of rotatable bonds is 8. The second kappa shape index (κ2) is 11.8. The van der Waals surface area contributed by atoms with Gasteiger partial charge in [-0.25, -0.2) is 4.39 Å². The number of nitrogens with two attached hydrogens (primary N) is 1. The highest BCUT2D eigenvalue weighted by molar-refractivity contribution is 6.33. The van der Waals surface area contributed by atoms with Crippen LogP contribution in [0.25, 0.3) is 0 Å². The van der Waals surface area contributed by atoms with Gasteiger partial charge in [0.05, 0.1) is 30.3 Å². The number of benzene rings is 2. The SMILES string of the molecule is C[C@H](NC(=O)c1ccc(N)c(Cl)c1)C(=O)N1C[C@@H](F)C[C@H]1C(=O)N[C@H]1CC(=O)O[C@H]1OCc1ccccc1. The highest BCUT2D eigenvalue weighted by Crippen LogP contribution is 2.24. The monoisotopic (exact) mass is 546 g/mol. The number of hydrogen-bond acceptors (Lipinski definition) is 7. The molecule has 2 aliphatic rings. The minimum atomic E-state index is -1.43. The number of esters is 1. The minimum Gasteiger partial charge on any atom is -0.433 e. The van der Waals surface area contributed by atoms with Crippen LogP contribution in [-0.4, -0.2) is 65.7 Å². The molecule has 0 unspecified atom stereocenters. The minimum absolute atomic E-state index is 0.123. The van der Waals surface area contributed by atoms with Gasteiger partial charge in [-0.2, -0.15) is 0 Å². The van der Waals surface area contributed by atoms with Crippen molar-refractivity contribution in [2.24, 2.45) is 0 Å². The first-order valence-corrected chi connectivity index (χ1v) is 12.5. The summed E-state index contributed by atoms with van der Waals surface area (Å²) in [4.78, 5) is 51.8. The third kappa shape index (κ3) is 6.40. The van der Waals surface area contributed by atoms with Gasteiger partial charge < -0.3 is 30.7 Å². The largest absolute Gasteiger partial charge is 0.433 e. The Hall–Kier alpha value is -3.70. The molecule has 0 radical (unpaired) electrons. The summed E-state index contributed by atoms with van der Waals surface area (Å²) in [6.45, 7) is 1.29. The fourth-order valence-electron chi connectivity index (χ4n) is 4.37. The summed E-state index contributed by atoms with van der Waals surface area (Å²) in [6, 6.07) is 10.5. The molecular formula is C26H28ClFN4O6. The van der Waals surface area contributed by atoms with Gasteiger partial charge in [-0.3, -0.25) is 19.2 Å². The van der Waals surface area contributed by atoms with Crippen LogP contribution in [0.3, 0.4) is 0 Å². The van der Waals surface area contributed by atoms with Gasteiger partial charge in [-0.05, 0) is 30.7 Å². The smallest absolute Gasteiger partial charge is 0.310 e. The van der Waals surface area contributed by atoms with Crippen LogP contribution in [0.15, 0.2) is 48.5 Å². The van der Waals surface area contributed by atoms with E-state index in [-0.39, 0.29) is 36.6 Å². The van der Waals surface area contributed by atoms with Crippen molar-refractivity contribution in [2.45, 2.75) is 57.0 Å². The number of nitrogens with zero attached hydrogens (tertiary/aromatic N) is 1. The lowest BCUT2D eigenvalue weighted by Gasteiger charge is -2.28. The van der Waals surface area contributed by atoms with E-state index in [9.17, 15) is 23.6 Å². The molecule has 0 aliphatic carbocycles. The van der Waals surface area contributed by atoms with E-state index >= 15 is 0 Å². The molecule has 2 aromatic carbocycles. The Balaban J connectivity index is 1.37. The molecule has 0 saturated carbocycles. The Morgan fingerprint density at radius 3 is 2.68 bits per heavy atom. The quantitative estimate of drug-likeness (QED) is 0.339. The number of cyclic esters (lactones) is 1. The number of nitrogen functional groups attached to an aromatic ring is 1. The zero-order valence-corrected chi connectivity index (χ0v) is 21.3. The zero-order chi connectivity index (χ0) is 27.4. The molecule has 4 N–H and O–H groups in total. The van der Waals surface area contributed by atoms with Crippen LogP contribution < -0.4 is 16.4 Å². The topological polar surface area (TPSA) is 140 Å². The van der Waals surface area contributed by atoms with Crippen LogP contribution in [0.5, 0.6) is 0 Å². The van der Waals surface area contributed by atoms with Crippen LogP contribution in [0.2, 0.25) is 5.02 Å². The van der Waals surface area contributed by atoms with Crippen LogP contribution in [0, 0.1) is 0 Å². The first-order chi connectivity index (χ1) is 18.1. The van der Waals surface area contributed by atoms with Crippen LogP contribution >= 0.6 is 11.6 Å². The maximum Gasteiger partial charge on any atom is 0.310 e. The maximum atomic E-state index is 14.4. The molecular weight excluding hydrogens is 519 g/mol. The molecule has 2 aliphatic heterocycles. The Kier molecular flexibility index (Phi) is 8.48. The van der Waals surface area contributed by atoms with Gasteiger partial charge in [0.25, 0.3) is 5.91 Å². The summed E-state index contributed by atoms with van der Waals surface area (Å²) in [5.74, 6) is -2.39. The molecule has 2 heterocycles. The van der Waals surface area contributed by atoms with E-state index in [1.807, 2.05) is 30.3 Å². The highest BCUT2D eigenvalue weighted by atomic mass is 35.5. The lowest BCUT2D eigenvalue weighted by Crippen LogP contribution is -2.54. The molecule has 0 aromatic heterocycles. The van der Waals surface area contributed by atoms with Crippen molar-refractivity contribution >= 4 is 41.0 Å². The molecule has 38 heavy (non-hydrogen) atoms. The summed E-state index contributed by atoms with van der Waals surface area (Å²) in [6.07, 6.45) is -2.80. The summed E-state index contributed by atoms with van der Waals surface area (Å²) >= 11 is 5.97. The molecule has 5 atom stereocenters. The number of halogens is 2. The average Bonchev–Trinajstić information content (AvgIpc) is 3.45. The second-order valence-corrected chi connectivity index (χ2v) is 9.65. The van der Waals surface area contributed by atoms with Gasteiger partial charge in [0, 0.05) is 12.0 Å². The first kappa shape index (κ1) is 27.3. The van der Waals surface area contributed by atoms with Crippen molar-refractivity contribution in [2.75, 3.05) is 12.3 Å². The van der Waals surface area contributed by atoms with Crippen molar-refractivity contribution < 1.29 is 33.0 Å². The number of anilines is 1. The number of ether oxygens (including phenoxy) is 2. The fraction of sp³-hybridized carbons (Fsp3) is 0.385. The van der Waals surface area contributed by atoms with Gasteiger partial charge in [-0.1, -0.05) is 41.9 Å². The van der Waals surface area contributed by atoms with E-state index in [0.717, 1.165) is 10.5 Å². The van der Waals surface area contributed by atoms with E-state index in [1.165, 1.54) is 25.1 Å². The summed E-state index contributed by atoms with van der Waals surface area (Å²) in [7, 11) is 0. The van der Waals surface area contributed by atoms with E-state index in [4.69, 9.17) is 26.8 Å². The summed E-state index contributed by atoms with van der Waals surface area (Å²) < 4.78 is 25.3. The molecule has 12 heteroatoms. The Bertz CT molecular complexity index is 1220. The Morgan fingerprint density at radius 2 is 1.97 bits per heavy atom. The predicted molar refractivity (Wildman–Crippen MR) is 135 cm³/mol. The van der Waals surface area contributed by atoms with Crippen molar-refractivity contribution in [3.63, 3.8) is 0 Å². The molecule has 202 valence electrons. The lowest BCUT2D eigenvalue weighted by atomic mass is 10.1. The Labute approximate surface area is 223 Å². The maximum absolute atomic E-state index is 14.4. The number of alkyl halides is 1. The number of nitrogens with one attached hydrogen (secondary N) is 2. The van der Waals surface area contributed by atoms with E-state index in [1.54, 1.807) is 0 Å². The number of likely N-dealkylation sites (tertiary alicyclic amines) is 1. The normalized spacial score (nSPS) is 23.6. The van der Waals surface area contributed by atoms with Crippen molar-refractivity contribution in [3.8, 4) is 0 Å². The van der Waals surface area contributed by atoms with Crippen molar-refractivity contribution in [3.05, 3.63) is 64.7 Å². The number of hydrogen-bond donors (Lipinski definition) is 3. The van der Waals surface area contributed by atoms with Gasteiger partial charge in [0.1, 0.15) is 24.3 Å². The van der Waals surface area contributed by atoms with Gasteiger partial charge in [-0.15, -0.1) is 0 Å². The van der Waals surface area contributed by atoms with E-state index in [0.29, 0.717) is 5.69 Å². The van der Waals surface area contributed by atoms with Gasteiger partial charge in [0.2, 0.25) is 18.1 Å². The molecule has 4 rings (SSSR count). The molecule has 0 bridgehead atoms. The molecule has 2 fully saturated rings. The van der Waals surface area contributed by atoms with Gasteiger partial charge in [0.15, 0.2) is 0 Å². The van der Waals surface area contributed by atoms with Crippen LogP contribution in [0.4, 0.5) is 10.1 Å². The summed E-state index contributed by atoms with van der Waals surface area (Å²) in [5.41, 5.74) is 7.01. The molecule has 10 nitrogen and oxygen atoms in total. The number of amides is 3. The number of carbonyl (C=O) groups excluding carboxylic acids is 4. The molecule has 0 spiro atoms. The van der Waals surface area contributed by atoms with Crippen molar-refractivity contribution in [1.29, 1.82) is 0 Å². The first-order valence-electron chi connectivity index (χ1n) is 12.1. The van der Waals surface area contributed by atoms with Crippen LogP contribution in [-0.2, 0) is 30.5 Å². The third-order valence-electron chi connectivity index (χ3n) is 6.36. The second-order valence-electron chi connectivity index (χ2n) is 9.24. The number of carbonyl (C=O) groups is 4. The highest BCUT2D eigenvalue weighted by Gasteiger charge is 2.44. The molecule has 2 aromatic rings. The summed E-state index contributed by atoms with van der Waals surface area (Å²) in [5, 5.41) is 5.41. The van der Waals surface area contributed by atoms with E-state index < -0.39 is 54.3 Å². The standard InChI is InChI=1S/C26H28ClFN4O6/c1-14(30-23(34)16-7-8-19(29)18(27)9-16)25(36)32-12-17(28)10-21(32)24(35)31-20-11-22(33)38-26(20)37-13-15-5-3-2-4-6-15/h2-9,14,17,20-21,26H,10-13,29H2,1H3,(H,30,34)(H,31,35)/t14-,17-,20-,21-,26+/m0/s1. The average molecular weight is 547 g/mol. The zero-order valence-electron chi connectivity index (χ0n) is 20.6. The van der Waals surface area contributed by atoms with Crippen molar-refractivity contribution in [1.82, 2.24) is 15.5 Å². The molecule has 2 saturated heterocycles.